The van der Waals surface area contributed by atoms with Gasteiger partial charge in [0.1, 0.15) is 5.82 Å². The zero-order valence-electron chi connectivity index (χ0n) is 13.8. The zero-order valence-corrected chi connectivity index (χ0v) is 15.4. The van der Waals surface area contributed by atoms with Gasteiger partial charge in [-0.25, -0.2) is 4.68 Å². The summed E-state index contributed by atoms with van der Waals surface area (Å²) in [6.45, 7) is 2.86. The van der Waals surface area contributed by atoms with Crippen LogP contribution in [-0.4, -0.2) is 26.8 Å². The number of hydrogen-bond acceptors (Lipinski definition) is 4. The van der Waals surface area contributed by atoms with Crippen LogP contribution in [0.15, 0.2) is 35.4 Å². The van der Waals surface area contributed by atoms with Gasteiger partial charge in [0.15, 0.2) is 0 Å². The van der Waals surface area contributed by atoms with Gasteiger partial charge in [-0.1, -0.05) is 24.9 Å². The molecule has 1 aromatic heterocycles. The summed E-state index contributed by atoms with van der Waals surface area (Å²) in [6, 6.07) is 7.10. The zero-order chi connectivity index (χ0) is 17.8. The molecule has 8 heteroatoms. The lowest BCUT2D eigenvalue weighted by Gasteiger charge is -2.23. The third-order valence-electron chi connectivity index (χ3n) is 3.84. The summed E-state index contributed by atoms with van der Waals surface area (Å²) < 4.78 is 1.77. The van der Waals surface area contributed by atoms with E-state index in [1.165, 1.54) is 11.8 Å². The Morgan fingerprint density at radius 2 is 2.28 bits per heavy atom. The number of aromatic nitrogens is 2. The van der Waals surface area contributed by atoms with Crippen LogP contribution in [0.25, 0.3) is 0 Å². The van der Waals surface area contributed by atoms with Gasteiger partial charge in [0.25, 0.3) is 0 Å². The molecule has 1 unspecified atom stereocenters. The second kappa shape index (κ2) is 7.93. The van der Waals surface area contributed by atoms with Gasteiger partial charge in [-0.05, 0) is 24.6 Å². The molecule has 1 aliphatic rings. The Hall–Kier alpha value is -1.99. The van der Waals surface area contributed by atoms with Gasteiger partial charge < -0.3 is 10.6 Å². The third kappa shape index (κ3) is 4.35. The molecule has 2 N–H and O–H groups in total. The van der Waals surface area contributed by atoms with E-state index in [9.17, 15) is 9.59 Å². The van der Waals surface area contributed by atoms with Gasteiger partial charge in [0.05, 0.1) is 17.1 Å². The van der Waals surface area contributed by atoms with Crippen LogP contribution in [0.5, 0.6) is 0 Å². The highest BCUT2D eigenvalue weighted by atomic mass is 35.5. The molecule has 1 atom stereocenters. The minimum atomic E-state index is -0.472. The topological polar surface area (TPSA) is 76.0 Å². The first-order valence-electron chi connectivity index (χ1n) is 8.15. The van der Waals surface area contributed by atoms with E-state index in [1.54, 1.807) is 29.1 Å². The third-order valence-corrected chi connectivity index (χ3v) is 5.35. The van der Waals surface area contributed by atoms with Crippen molar-refractivity contribution < 1.29 is 9.59 Å². The molecule has 6 nitrogen and oxygen atoms in total. The van der Waals surface area contributed by atoms with E-state index < -0.39 is 5.25 Å². The first kappa shape index (κ1) is 17.8. The largest absolute Gasteiger partial charge is 0.324 e. The van der Waals surface area contributed by atoms with Crippen LogP contribution in [0.2, 0.25) is 5.02 Å². The molecule has 0 fully saturated rings. The highest BCUT2D eigenvalue weighted by molar-refractivity contribution is 8.01. The molecular weight excluding hydrogens is 360 g/mol. The Labute approximate surface area is 155 Å². The SMILES string of the molecule is CCCCn1nccc1NC(=O)CC1Sc2ccc(Cl)cc2NC1=O. The van der Waals surface area contributed by atoms with Crippen molar-refractivity contribution in [1.82, 2.24) is 9.78 Å². The van der Waals surface area contributed by atoms with Crippen molar-refractivity contribution in [2.75, 3.05) is 10.6 Å². The Kier molecular flexibility index (Phi) is 5.65. The van der Waals surface area contributed by atoms with Gasteiger partial charge in [0.2, 0.25) is 11.8 Å². The Bertz CT molecular complexity index is 793. The fraction of sp³-hybridized carbons (Fsp3) is 0.353. The lowest BCUT2D eigenvalue weighted by atomic mass is 10.2. The van der Waals surface area contributed by atoms with Crippen molar-refractivity contribution in [3.8, 4) is 0 Å². The number of anilines is 2. The van der Waals surface area contributed by atoms with E-state index in [0.29, 0.717) is 16.5 Å². The van der Waals surface area contributed by atoms with Crippen molar-refractivity contribution in [3.05, 3.63) is 35.5 Å². The molecule has 0 saturated heterocycles. The predicted molar refractivity (Wildman–Crippen MR) is 100 cm³/mol. The molecule has 0 saturated carbocycles. The number of carbonyl (C=O) groups is 2. The molecule has 25 heavy (non-hydrogen) atoms. The number of halogens is 1. The van der Waals surface area contributed by atoms with Crippen molar-refractivity contribution >= 4 is 46.7 Å². The van der Waals surface area contributed by atoms with Crippen LogP contribution >= 0.6 is 23.4 Å². The number of fused-ring (bicyclic) bond motifs is 1. The van der Waals surface area contributed by atoms with E-state index in [-0.39, 0.29) is 18.2 Å². The Morgan fingerprint density at radius 3 is 3.08 bits per heavy atom. The van der Waals surface area contributed by atoms with Gasteiger partial charge in [-0.15, -0.1) is 11.8 Å². The number of aryl methyl sites for hydroxylation is 1. The average Bonchev–Trinajstić information content (AvgIpc) is 3.00. The Balaban J connectivity index is 1.62. The lowest BCUT2D eigenvalue weighted by molar-refractivity contribution is -0.120. The second-order valence-electron chi connectivity index (χ2n) is 5.78. The lowest BCUT2D eigenvalue weighted by Crippen LogP contribution is -2.32. The number of nitrogens with zero attached hydrogens (tertiary/aromatic N) is 2. The number of unbranched alkanes of at least 4 members (excludes halogenated alkanes) is 1. The van der Waals surface area contributed by atoms with Gasteiger partial charge >= 0.3 is 0 Å². The second-order valence-corrected chi connectivity index (χ2v) is 7.46. The molecule has 0 radical (unpaired) electrons. The van der Waals surface area contributed by atoms with Crippen LogP contribution in [0.3, 0.4) is 0 Å². The number of nitrogens with one attached hydrogen (secondary N) is 2. The standard InChI is InChI=1S/C17H19ClN4O2S/c1-2-3-8-22-15(6-7-19-22)21-16(23)10-14-17(24)20-12-9-11(18)4-5-13(12)25-14/h4-7,9,14H,2-3,8,10H2,1H3,(H,20,24)(H,21,23). The van der Waals surface area contributed by atoms with Gasteiger partial charge in [0, 0.05) is 29.0 Å². The molecule has 2 heterocycles. The van der Waals surface area contributed by atoms with Gasteiger partial charge in [-0.3, -0.25) is 9.59 Å². The summed E-state index contributed by atoms with van der Waals surface area (Å²) in [6.07, 6.45) is 3.80. The van der Waals surface area contributed by atoms with Crippen molar-refractivity contribution in [1.29, 1.82) is 0 Å². The number of amides is 2. The van der Waals surface area contributed by atoms with Crippen LogP contribution in [-0.2, 0) is 16.1 Å². The molecule has 2 amide bonds. The number of rotatable bonds is 6. The highest BCUT2D eigenvalue weighted by Crippen LogP contribution is 2.38. The van der Waals surface area contributed by atoms with Crippen molar-refractivity contribution in [3.63, 3.8) is 0 Å². The molecule has 132 valence electrons. The predicted octanol–water partition coefficient (Wildman–Crippen LogP) is 3.78. The molecule has 1 aromatic carbocycles. The van der Waals surface area contributed by atoms with Crippen molar-refractivity contribution in [2.24, 2.45) is 0 Å². The molecule has 0 bridgehead atoms. The van der Waals surface area contributed by atoms with E-state index in [2.05, 4.69) is 22.7 Å². The average molecular weight is 379 g/mol. The minimum Gasteiger partial charge on any atom is -0.324 e. The quantitative estimate of drug-likeness (QED) is 0.802. The summed E-state index contributed by atoms with van der Waals surface area (Å²) in [5, 5.41) is 9.97. The maximum atomic E-state index is 12.3. The number of thioether (sulfide) groups is 1. The minimum absolute atomic E-state index is 0.0948. The molecular formula is C17H19ClN4O2S. The summed E-state index contributed by atoms with van der Waals surface area (Å²) in [5.41, 5.74) is 0.691. The molecule has 1 aliphatic heterocycles. The first-order valence-corrected chi connectivity index (χ1v) is 9.41. The molecule has 0 spiro atoms. The Morgan fingerprint density at radius 1 is 1.44 bits per heavy atom. The monoisotopic (exact) mass is 378 g/mol. The maximum absolute atomic E-state index is 12.3. The summed E-state index contributed by atoms with van der Waals surface area (Å²) in [7, 11) is 0. The normalized spacial score (nSPS) is 16.2. The number of benzene rings is 1. The maximum Gasteiger partial charge on any atom is 0.238 e. The fourth-order valence-corrected chi connectivity index (χ4v) is 3.81. The van der Waals surface area contributed by atoms with Crippen LogP contribution in [0, 0.1) is 0 Å². The van der Waals surface area contributed by atoms with E-state index in [0.717, 1.165) is 24.3 Å². The van der Waals surface area contributed by atoms with E-state index in [4.69, 9.17) is 11.6 Å². The molecule has 2 aromatic rings. The van der Waals surface area contributed by atoms with Crippen LogP contribution in [0.1, 0.15) is 26.2 Å². The molecule has 0 aliphatic carbocycles. The van der Waals surface area contributed by atoms with E-state index in [1.807, 2.05) is 6.07 Å². The van der Waals surface area contributed by atoms with Crippen molar-refractivity contribution in [2.45, 2.75) is 42.9 Å². The first-order chi connectivity index (χ1) is 12.1. The highest BCUT2D eigenvalue weighted by Gasteiger charge is 2.29. The van der Waals surface area contributed by atoms with Crippen LogP contribution < -0.4 is 10.6 Å². The molecule has 3 rings (SSSR count). The number of hydrogen-bond donors (Lipinski definition) is 2. The van der Waals surface area contributed by atoms with Crippen LogP contribution in [0.4, 0.5) is 11.5 Å². The smallest absolute Gasteiger partial charge is 0.238 e. The van der Waals surface area contributed by atoms with E-state index >= 15 is 0 Å². The fourth-order valence-electron chi connectivity index (χ4n) is 2.54. The van der Waals surface area contributed by atoms with Gasteiger partial charge in [-0.2, -0.15) is 5.10 Å². The summed E-state index contributed by atoms with van der Waals surface area (Å²) in [5.74, 6) is 0.268. The summed E-state index contributed by atoms with van der Waals surface area (Å²) >= 11 is 7.32. The number of carbonyl (C=O) groups excluding carboxylic acids is 2. The summed E-state index contributed by atoms with van der Waals surface area (Å²) in [4.78, 5) is 25.5.